The van der Waals surface area contributed by atoms with Crippen LogP contribution in [0.1, 0.15) is 12.5 Å². The number of pyridine rings is 1. The molecule has 1 atom stereocenters. The summed E-state index contributed by atoms with van der Waals surface area (Å²) >= 11 is 12.1. The van der Waals surface area contributed by atoms with Crippen LogP contribution >= 0.6 is 23.2 Å². The lowest BCUT2D eigenvalue weighted by Crippen LogP contribution is -2.46. The molecule has 2 heterocycles. The molecule has 2 aromatic carbocycles. The number of nitrogens with zero attached hydrogens (tertiary/aromatic N) is 2. The van der Waals surface area contributed by atoms with Gasteiger partial charge in [-0.1, -0.05) is 53.5 Å². The molecule has 1 saturated heterocycles. The molecule has 0 radical (unpaired) electrons. The van der Waals surface area contributed by atoms with Crippen LogP contribution in [-0.4, -0.2) is 22.5 Å². The van der Waals surface area contributed by atoms with Crippen molar-refractivity contribution in [2.24, 2.45) is 0 Å². The van der Waals surface area contributed by atoms with Crippen LogP contribution in [0.5, 0.6) is 0 Å². The highest BCUT2D eigenvalue weighted by molar-refractivity contribution is 6.35. The van der Waals surface area contributed by atoms with E-state index in [1.807, 2.05) is 36.4 Å². The Balaban J connectivity index is 1.57. The van der Waals surface area contributed by atoms with Gasteiger partial charge in [-0.25, -0.2) is 9.69 Å². The van der Waals surface area contributed by atoms with Gasteiger partial charge in [-0.2, -0.15) is 0 Å². The predicted molar refractivity (Wildman–Crippen MR) is 114 cm³/mol. The van der Waals surface area contributed by atoms with Gasteiger partial charge in [0.1, 0.15) is 5.54 Å². The molecule has 1 fully saturated rings. The Morgan fingerprint density at radius 3 is 2.31 bits per heavy atom. The molecule has 1 aliphatic rings. The van der Waals surface area contributed by atoms with Gasteiger partial charge in [-0.05, 0) is 47.9 Å². The van der Waals surface area contributed by atoms with Gasteiger partial charge in [-0.3, -0.25) is 9.78 Å². The number of rotatable bonds is 4. The zero-order chi connectivity index (χ0) is 20.6. The zero-order valence-corrected chi connectivity index (χ0v) is 17.0. The number of imide groups is 1. The summed E-state index contributed by atoms with van der Waals surface area (Å²) in [7, 11) is 0. The molecule has 0 unspecified atom stereocenters. The number of anilines is 1. The fourth-order valence-corrected chi connectivity index (χ4v) is 3.98. The lowest BCUT2D eigenvalue weighted by atomic mass is 9.92. The molecule has 7 heteroatoms. The van der Waals surface area contributed by atoms with E-state index < -0.39 is 11.6 Å². The van der Waals surface area contributed by atoms with E-state index in [4.69, 9.17) is 23.2 Å². The zero-order valence-electron chi connectivity index (χ0n) is 15.5. The minimum Gasteiger partial charge on any atom is -0.323 e. The number of hydrogen-bond donors (Lipinski definition) is 1. The average molecular weight is 426 g/mol. The molecular weight excluding hydrogens is 409 g/mol. The molecule has 4 rings (SSSR count). The van der Waals surface area contributed by atoms with E-state index in [9.17, 15) is 9.59 Å². The quantitative estimate of drug-likeness (QED) is 0.590. The maximum absolute atomic E-state index is 13.1. The Morgan fingerprint density at radius 2 is 1.69 bits per heavy atom. The minimum absolute atomic E-state index is 0.348. The van der Waals surface area contributed by atoms with Gasteiger partial charge < -0.3 is 5.32 Å². The molecular formula is C22H17Cl2N3O2. The highest BCUT2D eigenvalue weighted by Gasteiger charge is 2.48. The summed E-state index contributed by atoms with van der Waals surface area (Å²) in [5.41, 5.74) is 2.26. The SMILES string of the molecule is C[C@]1(Cc2ccc(-c3cccnc3)cc2)NC(=O)N(c2cc(Cl)cc(Cl)c2)C1=O. The fraction of sp³-hybridized carbons (Fsp3) is 0.136. The van der Waals surface area contributed by atoms with Crippen molar-refractivity contribution in [1.29, 1.82) is 0 Å². The molecule has 0 bridgehead atoms. The van der Waals surface area contributed by atoms with Crippen LogP contribution in [0.2, 0.25) is 10.0 Å². The second-order valence-corrected chi connectivity index (χ2v) is 8.02. The summed E-state index contributed by atoms with van der Waals surface area (Å²) in [4.78, 5) is 30.9. The van der Waals surface area contributed by atoms with E-state index in [-0.39, 0.29) is 5.91 Å². The molecule has 3 amide bonds. The number of hydrogen-bond acceptors (Lipinski definition) is 3. The third kappa shape index (κ3) is 3.84. The van der Waals surface area contributed by atoms with Crippen LogP contribution in [-0.2, 0) is 11.2 Å². The van der Waals surface area contributed by atoms with Gasteiger partial charge in [0.25, 0.3) is 5.91 Å². The van der Waals surface area contributed by atoms with E-state index in [2.05, 4.69) is 10.3 Å². The van der Waals surface area contributed by atoms with Crippen LogP contribution in [0.4, 0.5) is 10.5 Å². The number of benzene rings is 2. The van der Waals surface area contributed by atoms with Crippen LogP contribution < -0.4 is 10.2 Å². The second-order valence-electron chi connectivity index (χ2n) is 7.15. The second kappa shape index (κ2) is 7.50. The van der Waals surface area contributed by atoms with E-state index in [1.165, 1.54) is 0 Å². The van der Waals surface area contributed by atoms with Crippen molar-refractivity contribution in [1.82, 2.24) is 10.3 Å². The van der Waals surface area contributed by atoms with Crippen molar-refractivity contribution in [2.45, 2.75) is 18.9 Å². The van der Waals surface area contributed by atoms with Gasteiger partial charge >= 0.3 is 6.03 Å². The van der Waals surface area contributed by atoms with Crippen molar-refractivity contribution in [2.75, 3.05) is 4.90 Å². The number of amides is 3. The summed E-state index contributed by atoms with van der Waals surface area (Å²) < 4.78 is 0. The van der Waals surface area contributed by atoms with Crippen LogP contribution in [0.15, 0.2) is 67.0 Å². The molecule has 1 aliphatic heterocycles. The van der Waals surface area contributed by atoms with Crippen LogP contribution in [0.25, 0.3) is 11.1 Å². The Kier molecular flexibility index (Phi) is 5.03. The molecule has 146 valence electrons. The standard InChI is InChI=1S/C22H17Cl2N3O2/c1-22(12-14-4-6-15(7-5-14)16-3-2-8-25-13-16)20(28)27(21(29)26-22)19-10-17(23)9-18(24)11-19/h2-11,13H,12H2,1H3,(H,26,29)/t22-/m1/s1. The van der Waals surface area contributed by atoms with Gasteiger partial charge in [-0.15, -0.1) is 0 Å². The largest absolute Gasteiger partial charge is 0.329 e. The minimum atomic E-state index is -1.07. The Hall–Kier alpha value is -2.89. The third-order valence-corrected chi connectivity index (χ3v) is 5.31. The van der Waals surface area contributed by atoms with Crippen molar-refractivity contribution in [3.05, 3.63) is 82.6 Å². The fourth-order valence-electron chi connectivity index (χ4n) is 3.46. The van der Waals surface area contributed by atoms with E-state index in [0.29, 0.717) is 22.2 Å². The van der Waals surface area contributed by atoms with E-state index in [1.54, 1.807) is 37.5 Å². The molecule has 1 N–H and O–H groups in total. The molecule has 3 aromatic rings. The topological polar surface area (TPSA) is 62.3 Å². The first-order valence-electron chi connectivity index (χ1n) is 8.98. The number of carbonyl (C=O) groups excluding carboxylic acids is 2. The van der Waals surface area contributed by atoms with Gasteiger partial charge in [0.05, 0.1) is 5.69 Å². The van der Waals surface area contributed by atoms with Crippen molar-refractivity contribution in [3.8, 4) is 11.1 Å². The first-order valence-corrected chi connectivity index (χ1v) is 9.73. The maximum Gasteiger partial charge on any atom is 0.329 e. The Labute approximate surface area is 178 Å². The molecule has 1 aromatic heterocycles. The highest BCUT2D eigenvalue weighted by Crippen LogP contribution is 2.31. The molecule has 0 spiro atoms. The number of urea groups is 1. The van der Waals surface area contributed by atoms with E-state index in [0.717, 1.165) is 21.6 Å². The predicted octanol–water partition coefficient (Wildman–Crippen LogP) is 5.11. The van der Waals surface area contributed by atoms with Gasteiger partial charge in [0.2, 0.25) is 0 Å². The summed E-state index contributed by atoms with van der Waals surface area (Å²) in [6, 6.07) is 15.9. The van der Waals surface area contributed by atoms with Crippen molar-refractivity contribution < 1.29 is 9.59 Å². The number of carbonyl (C=O) groups is 2. The molecule has 29 heavy (non-hydrogen) atoms. The third-order valence-electron chi connectivity index (χ3n) is 4.87. The van der Waals surface area contributed by atoms with E-state index >= 15 is 0 Å². The number of nitrogens with one attached hydrogen (secondary N) is 1. The smallest absolute Gasteiger partial charge is 0.323 e. The van der Waals surface area contributed by atoms with Crippen molar-refractivity contribution in [3.63, 3.8) is 0 Å². The number of aromatic nitrogens is 1. The van der Waals surface area contributed by atoms with Crippen LogP contribution in [0.3, 0.4) is 0 Å². The van der Waals surface area contributed by atoms with Crippen molar-refractivity contribution >= 4 is 40.8 Å². The average Bonchev–Trinajstić information content (AvgIpc) is 2.90. The normalized spacial score (nSPS) is 18.8. The lowest BCUT2D eigenvalue weighted by molar-refractivity contribution is -0.121. The molecule has 0 saturated carbocycles. The summed E-state index contributed by atoms with van der Waals surface area (Å²) in [5, 5.41) is 3.51. The van der Waals surface area contributed by atoms with Gasteiger partial charge in [0.15, 0.2) is 0 Å². The summed E-state index contributed by atoms with van der Waals surface area (Å²) in [6.07, 6.45) is 3.88. The van der Waals surface area contributed by atoms with Crippen LogP contribution in [0, 0.1) is 0 Å². The number of halogens is 2. The monoisotopic (exact) mass is 425 g/mol. The Morgan fingerprint density at radius 1 is 1.00 bits per heavy atom. The molecule has 0 aliphatic carbocycles. The maximum atomic E-state index is 13.1. The summed E-state index contributed by atoms with van der Waals surface area (Å²) in [6.45, 7) is 1.72. The van der Waals surface area contributed by atoms with Gasteiger partial charge in [0, 0.05) is 28.9 Å². The highest BCUT2D eigenvalue weighted by atomic mass is 35.5. The lowest BCUT2D eigenvalue weighted by Gasteiger charge is -2.22. The Bertz CT molecular complexity index is 1070. The molecule has 5 nitrogen and oxygen atoms in total. The first-order chi connectivity index (χ1) is 13.9. The summed E-state index contributed by atoms with van der Waals surface area (Å²) in [5.74, 6) is -0.350. The first kappa shape index (κ1) is 19.4.